The van der Waals surface area contributed by atoms with Gasteiger partial charge in [-0.05, 0) is 12.5 Å². The number of azide groups is 1. The molecule has 3 heterocycles. The van der Waals surface area contributed by atoms with E-state index in [1.165, 1.54) is 13.1 Å². The highest BCUT2D eigenvalue weighted by atomic mass is 31.1. The molecule has 2 unspecified atom stereocenters. The highest BCUT2D eigenvalue weighted by molar-refractivity contribution is 7.33. The molecule has 12 heteroatoms. The van der Waals surface area contributed by atoms with Crippen molar-refractivity contribution in [3.05, 3.63) is 43.5 Å². The molecule has 2 aliphatic rings. The first-order valence-corrected chi connectivity index (χ1v) is 7.35. The van der Waals surface area contributed by atoms with Crippen LogP contribution in [-0.2, 0) is 18.3 Å². The van der Waals surface area contributed by atoms with Gasteiger partial charge in [-0.2, -0.15) is 0 Å². The second kappa shape index (κ2) is 5.31. The molecule has 0 aromatic carbocycles. The third kappa shape index (κ3) is 2.25. The highest BCUT2D eigenvalue weighted by Crippen LogP contribution is 2.49. The smallest absolute Gasteiger partial charge is 0.348 e. The number of hydrogen-bond donors (Lipinski definition) is 1. The minimum Gasteiger partial charge on any atom is -0.348 e. The van der Waals surface area contributed by atoms with Crippen LogP contribution in [0.5, 0.6) is 0 Å². The third-order valence-electron chi connectivity index (χ3n) is 3.63. The fourth-order valence-electron chi connectivity index (χ4n) is 2.61. The van der Waals surface area contributed by atoms with Gasteiger partial charge in [0.15, 0.2) is 12.3 Å². The van der Waals surface area contributed by atoms with E-state index >= 15 is 0 Å². The van der Waals surface area contributed by atoms with E-state index in [2.05, 4.69) is 15.0 Å². The molecule has 2 saturated heterocycles. The van der Waals surface area contributed by atoms with E-state index in [4.69, 9.17) is 19.3 Å². The molecule has 3 rings (SSSR count). The summed E-state index contributed by atoms with van der Waals surface area (Å²) in [6.45, 7) is 1.50. The van der Waals surface area contributed by atoms with Gasteiger partial charge in [-0.15, -0.1) is 9.05 Å². The molecular weight excluding hydrogens is 317 g/mol. The number of nitrogens with one attached hydrogen (secondary N) is 1. The second-order valence-electron chi connectivity index (χ2n) is 5.00. The largest absolute Gasteiger partial charge is 0.697 e. The van der Waals surface area contributed by atoms with Gasteiger partial charge in [0, 0.05) is 21.7 Å². The lowest BCUT2D eigenvalue weighted by Crippen LogP contribution is -2.47. The van der Waals surface area contributed by atoms with Crippen molar-refractivity contribution in [1.29, 1.82) is 0 Å². The number of aromatic nitrogens is 2. The Labute approximate surface area is 123 Å². The Kier molecular flexibility index (Phi) is 3.59. The molecule has 5 atom stereocenters. The molecule has 1 aromatic rings. The van der Waals surface area contributed by atoms with Gasteiger partial charge < -0.3 is 4.74 Å². The Morgan fingerprint density at radius 3 is 3.05 bits per heavy atom. The van der Waals surface area contributed by atoms with Crippen LogP contribution >= 0.6 is 8.25 Å². The maximum atomic E-state index is 12.0. The van der Waals surface area contributed by atoms with Gasteiger partial charge in [0.25, 0.3) is 5.56 Å². The zero-order valence-corrected chi connectivity index (χ0v) is 12.2. The summed E-state index contributed by atoms with van der Waals surface area (Å²) in [5.74, 6) is 0. The molecule has 11 nitrogen and oxygen atoms in total. The van der Waals surface area contributed by atoms with Crippen LogP contribution in [0.1, 0.15) is 13.2 Å². The number of H-pyrrole nitrogens is 1. The Bertz CT molecular complexity index is 785. The molecule has 1 aromatic heterocycles. The van der Waals surface area contributed by atoms with Crippen molar-refractivity contribution in [2.24, 2.45) is 5.11 Å². The van der Waals surface area contributed by atoms with E-state index in [9.17, 15) is 14.2 Å². The number of fused-ring (bicyclic) bond motifs is 1. The summed E-state index contributed by atoms with van der Waals surface area (Å²) in [5, 5.41) is 3.69. The fraction of sp³-hybridized carbons (Fsp3) is 0.600. The summed E-state index contributed by atoms with van der Waals surface area (Å²) in [6.07, 6.45) is -1.31. The van der Waals surface area contributed by atoms with Crippen LogP contribution in [0.25, 0.3) is 10.4 Å². The second-order valence-corrected chi connectivity index (χ2v) is 5.92. The number of nitrogens with zero attached hydrogens (tertiary/aromatic N) is 4. The van der Waals surface area contributed by atoms with Gasteiger partial charge in [0.05, 0.1) is 0 Å². The zero-order chi connectivity index (χ0) is 15.9. The first-order valence-electron chi connectivity index (χ1n) is 6.26. The lowest BCUT2D eigenvalue weighted by Gasteiger charge is -2.28. The number of hydrogen-bond acceptors (Lipinski definition) is 7. The first-order chi connectivity index (χ1) is 10.5. The molecule has 116 valence electrons. The Morgan fingerprint density at radius 1 is 1.59 bits per heavy atom. The van der Waals surface area contributed by atoms with Gasteiger partial charge in [-0.3, -0.25) is 14.3 Å². The van der Waals surface area contributed by atoms with Crippen molar-refractivity contribution in [3.8, 4) is 0 Å². The molecular formula is C10H11N5O6P+. The summed E-state index contributed by atoms with van der Waals surface area (Å²) in [4.78, 5) is 28.0. The predicted octanol–water partition coefficient (Wildman–Crippen LogP) is 0.576. The van der Waals surface area contributed by atoms with E-state index in [0.29, 0.717) is 0 Å². The molecule has 22 heavy (non-hydrogen) atoms. The van der Waals surface area contributed by atoms with Crippen molar-refractivity contribution in [1.82, 2.24) is 9.55 Å². The van der Waals surface area contributed by atoms with Crippen LogP contribution in [0.2, 0.25) is 0 Å². The maximum absolute atomic E-state index is 12.0. The van der Waals surface area contributed by atoms with E-state index < -0.39 is 43.5 Å². The van der Waals surface area contributed by atoms with Crippen LogP contribution < -0.4 is 11.2 Å². The number of rotatable bonds is 2. The first kappa shape index (κ1) is 14.9. The Morgan fingerprint density at radius 2 is 2.36 bits per heavy atom. The Balaban J connectivity index is 2.10. The van der Waals surface area contributed by atoms with E-state index in [0.717, 1.165) is 10.6 Å². The summed E-state index contributed by atoms with van der Waals surface area (Å²) in [7, 11) is -2.35. The zero-order valence-electron chi connectivity index (χ0n) is 11.3. The van der Waals surface area contributed by atoms with E-state index in [1.54, 1.807) is 0 Å². The minimum atomic E-state index is -2.35. The minimum absolute atomic E-state index is 0.0228. The monoisotopic (exact) mass is 328 g/mol. The van der Waals surface area contributed by atoms with Crippen LogP contribution in [0, 0.1) is 0 Å². The summed E-state index contributed by atoms with van der Waals surface area (Å²) >= 11 is 0. The van der Waals surface area contributed by atoms with Crippen molar-refractivity contribution < 1.29 is 18.3 Å². The van der Waals surface area contributed by atoms with Crippen molar-refractivity contribution in [2.75, 3.05) is 6.61 Å². The van der Waals surface area contributed by atoms with Gasteiger partial charge in [-0.1, -0.05) is 5.11 Å². The standard InChI is InChI=1S/C10H10N5O6P/c1-10(13-14-11)7-5(4-19-22(18)21-7)20-8(10)15-3-2-6(16)12-9(15)17/h2-3,5,7-8H,4H2,1H3/p+1/t5-,7?,8-,10-/m1/s1. The Hall–Kier alpha value is -2.03. The van der Waals surface area contributed by atoms with Crippen molar-refractivity contribution in [3.63, 3.8) is 0 Å². The van der Waals surface area contributed by atoms with Gasteiger partial charge >= 0.3 is 13.9 Å². The van der Waals surface area contributed by atoms with E-state index in [-0.39, 0.29) is 6.61 Å². The van der Waals surface area contributed by atoms with Gasteiger partial charge in [0.2, 0.25) is 0 Å². The summed E-state index contributed by atoms with van der Waals surface area (Å²) in [6, 6.07) is 1.14. The average Bonchev–Trinajstić information content (AvgIpc) is 2.73. The molecule has 0 amide bonds. The molecule has 0 saturated carbocycles. The summed E-state index contributed by atoms with van der Waals surface area (Å²) < 4.78 is 28.3. The van der Waals surface area contributed by atoms with Gasteiger partial charge in [0.1, 0.15) is 18.2 Å². The van der Waals surface area contributed by atoms with Crippen LogP contribution in [0.15, 0.2) is 27.0 Å². The van der Waals surface area contributed by atoms with E-state index in [1.807, 2.05) is 0 Å². The molecule has 2 fully saturated rings. The third-order valence-corrected chi connectivity index (χ3v) is 4.38. The molecule has 0 spiro atoms. The molecule has 1 N–H and O–H groups in total. The normalized spacial score (nSPS) is 35.7. The topological polar surface area (TPSA) is 148 Å². The van der Waals surface area contributed by atoms with Crippen molar-refractivity contribution >= 4 is 8.25 Å². The predicted molar refractivity (Wildman–Crippen MR) is 71.2 cm³/mol. The quantitative estimate of drug-likeness (QED) is 0.363. The van der Waals surface area contributed by atoms with Crippen LogP contribution in [-0.4, -0.2) is 33.9 Å². The van der Waals surface area contributed by atoms with Crippen LogP contribution in [0.4, 0.5) is 0 Å². The molecule has 0 bridgehead atoms. The molecule has 2 aliphatic heterocycles. The summed E-state index contributed by atoms with van der Waals surface area (Å²) in [5.41, 5.74) is 6.20. The van der Waals surface area contributed by atoms with Crippen molar-refractivity contribution in [2.45, 2.75) is 30.9 Å². The lowest BCUT2D eigenvalue weighted by molar-refractivity contribution is -0.0558. The average molecular weight is 328 g/mol. The number of aromatic amines is 1. The SMILES string of the molecule is C[C@@]1(N=[N+]=[N-])C2O[P+](=O)OC[C@H]2O[C@H]1n1ccc(=O)[nH]c1=O. The van der Waals surface area contributed by atoms with Gasteiger partial charge in [-0.25, -0.2) is 4.79 Å². The fourth-order valence-corrected chi connectivity index (χ4v) is 3.48. The maximum Gasteiger partial charge on any atom is 0.697 e. The lowest BCUT2D eigenvalue weighted by atomic mass is 9.93. The molecule has 0 aliphatic carbocycles. The van der Waals surface area contributed by atoms with Crippen LogP contribution in [0.3, 0.4) is 0 Å². The molecule has 0 radical (unpaired) electrons. The number of ether oxygens (including phenoxy) is 1. The highest BCUT2D eigenvalue weighted by Gasteiger charge is 2.62.